The molecule has 0 radical (unpaired) electrons. The molecule has 0 bridgehead atoms. The fourth-order valence-corrected chi connectivity index (χ4v) is 3.52. The van der Waals surface area contributed by atoms with Crippen molar-refractivity contribution in [1.82, 2.24) is 10.2 Å². The monoisotopic (exact) mass is 312 g/mol. The average molecular weight is 312 g/mol. The van der Waals surface area contributed by atoms with Gasteiger partial charge in [-0.15, -0.1) is 0 Å². The van der Waals surface area contributed by atoms with Crippen molar-refractivity contribution in [3.63, 3.8) is 0 Å². The van der Waals surface area contributed by atoms with Crippen molar-refractivity contribution in [2.45, 2.75) is 51.0 Å². The van der Waals surface area contributed by atoms with E-state index in [1.165, 1.54) is 6.07 Å². The highest BCUT2D eigenvalue weighted by Gasteiger charge is 2.39. The Morgan fingerprint density at radius 1 is 1.27 bits per heavy atom. The SMILES string of the molecule is CC1CCCC(c2cc3c(c(C(F)(F)F)c2)CNC3=O)N1C. The van der Waals surface area contributed by atoms with Crippen LogP contribution in [0.5, 0.6) is 0 Å². The lowest BCUT2D eigenvalue weighted by atomic mass is 9.88. The summed E-state index contributed by atoms with van der Waals surface area (Å²) in [5, 5.41) is 2.50. The molecular formula is C16H19F3N2O. The van der Waals surface area contributed by atoms with Crippen molar-refractivity contribution in [2.75, 3.05) is 7.05 Å². The quantitative estimate of drug-likeness (QED) is 0.861. The van der Waals surface area contributed by atoms with E-state index in [0.717, 1.165) is 19.3 Å². The number of hydrogen-bond donors (Lipinski definition) is 1. The van der Waals surface area contributed by atoms with Crippen LogP contribution >= 0.6 is 0 Å². The molecule has 2 aliphatic rings. The molecule has 2 unspecified atom stereocenters. The zero-order valence-electron chi connectivity index (χ0n) is 12.6. The summed E-state index contributed by atoms with van der Waals surface area (Å²) < 4.78 is 40.0. The predicted octanol–water partition coefficient (Wildman–Crippen LogP) is 3.49. The van der Waals surface area contributed by atoms with E-state index >= 15 is 0 Å². The number of nitrogens with zero attached hydrogens (tertiary/aromatic N) is 1. The van der Waals surface area contributed by atoms with Crippen LogP contribution in [0.15, 0.2) is 12.1 Å². The minimum absolute atomic E-state index is 0.0415. The molecule has 6 heteroatoms. The number of rotatable bonds is 1. The van der Waals surface area contributed by atoms with Crippen molar-refractivity contribution >= 4 is 5.91 Å². The van der Waals surface area contributed by atoms with Gasteiger partial charge < -0.3 is 5.32 Å². The molecule has 120 valence electrons. The first kappa shape index (κ1) is 15.3. The normalized spacial score (nSPS) is 26.0. The van der Waals surface area contributed by atoms with Crippen molar-refractivity contribution in [2.24, 2.45) is 0 Å². The van der Waals surface area contributed by atoms with Crippen LogP contribution in [0.3, 0.4) is 0 Å². The van der Waals surface area contributed by atoms with E-state index in [2.05, 4.69) is 17.1 Å². The van der Waals surface area contributed by atoms with Gasteiger partial charge in [0.1, 0.15) is 0 Å². The zero-order chi connectivity index (χ0) is 16.1. The van der Waals surface area contributed by atoms with E-state index in [1.54, 1.807) is 6.07 Å². The zero-order valence-corrected chi connectivity index (χ0v) is 12.6. The summed E-state index contributed by atoms with van der Waals surface area (Å²) in [6.07, 6.45) is -1.59. The van der Waals surface area contributed by atoms with E-state index < -0.39 is 17.6 Å². The molecule has 2 heterocycles. The molecule has 1 aromatic rings. The summed E-state index contributed by atoms with van der Waals surface area (Å²) in [4.78, 5) is 13.9. The molecule has 0 aromatic heterocycles. The Balaban J connectivity index is 2.10. The fraction of sp³-hybridized carbons (Fsp3) is 0.562. The number of hydrogen-bond acceptors (Lipinski definition) is 2. The lowest BCUT2D eigenvalue weighted by molar-refractivity contribution is -0.138. The van der Waals surface area contributed by atoms with Crippen molar-refractivity contribution in [3.05, 3.63) is 34.4 Å². The second kappa shape index (κ2) is 5.26. The van der Waals surface area contributed by atoms with Gasteiger partial charge in [0.25, 0.3) is 5.91 Å². The number of amides is 1. The van der Waals surface area contributed by atoms with Gasteiger partial charge in [-0.05, 0) is 50.1 Å². The summed E-state index contributed by atoms with van der Waals surface area (Å²) in [5.41, 5.74) is 0.173. The first-order chi connectivity index (χ1) is 10.3. The van der Waals surface area contributed by atoms with Gasteiger partial charge >= 0.3 is 6.18 Å². The Kier molecular flexibility index (Phi) is 3.67. The molecule has 0 aliphatic carbocycles. The van der Waals surface area contributed by atoms with Crippen molar-refractivity contribution < 1.29 is 18.0 Å². The Labute approximate surface area is 127 Å². The number of likely N-dealkylation sites (tertiary alicyclic amines) is 1. The molecule has 1 N–H and O–H groups in total. The standard InChI is InChI=1S/C16H19F3N2O/c1-9-4-3-5-14(21(9)2)10-6-11-12(8-20-15(11)22)13(7-10)16(17,18)19/h6-7,9,14H,3-5,8H2,1-2H3,(H,20,22). The number of benzene rings is 1. The highest BCUT2D eigenvalue weighted by atomic mass is 19.4. The third kappa shape index (κ3) is 2.49. The molecular weight excluding hydrogens is 293 g/mol. The van der Waals surface area contributed by atoms with Crippen LogP contribution in [-0.2, 0) is 12.7 Å². The van der Waals surface area contributed by atoms with Crippen LogP contribution in [0.25, 0.3) is 0 Å². The molecule has 1 fully saturated rings. The first-order valence-corrected chi connectivity index (χ1v) is 7.53. The Bertz CT molecular complexity index is 612. The lowest BCUT2D eigenvalue weighted by Gasteiger charge is -2.38. The maximum absolute atomic E-state index is 13.3. The molecule has 0 spiro atoms. The molecule has 0 saturated carbocycles. The van der Waals surface area contributed by atoms with Gasteiger partial charge in [-0.25, -0.2) is 0 Å². The highest BCUT2D eigenvalue weighted by molar-refractivity contribution is 5.99. The summed E-state index contributed by atoms with van der Waals surface area (Å²) in [6.45, 7) is 2.04. The number of carbonyl (C=O) groups excluding carboxylic acids is 1. The second-order valence-electron chi connectivity index (χ2n) is 6.24. The molecule has 1 saturated heterocycles. The van der Waals surface area contributed by atoms with Crippen LogP contribution in [0, 0.1) is 0 Å². The number of piperidine rings is 1. The van der Waals surface area contributed by atoms with E-state index in [4.69, 9.17) is 0 Å². The topological polar surface area (TPSA) is 32.3 Å². The molecule has 2 aliphatic heterocycles. The van der Waals surface area contributed by atoms with E-state index in [1.807, 2.05) is 7.05 Å². The van der Waals surface area contributed by atoms with Crippen LogP contribution in [-0.4, -0.2) is 23.9 Å². The lowest BCUT2D eigenvalue weighted by Crippen LogP contribution is -2.37. The van der Waals surface area contributed by atoms with Crippen molar-refractivity contribution in [1.29, 1.82) is 0 Å². The third-order valence-corrected chi connectivity index (χ3v) is 4.92. The van der Waals surface area contributed by atoms with E-state index in [9.17, 15) is 18.0 Å². The molecule has 2 atom stereocenters. The van der Waals surface area contributed by atoms with Crippen LogP contribution in [0.4, 0.5) is 13.2 Å². The molecule has 1 amide bonds. The van der Waals surface area contributed by atoms with E-state index in [0.29, 0.717) is 11.6 Å². The number of alkyl halides is 3. The summed E-state index contributed by atoms with van der Waals surface area (Å²) in [6, 6.07) is 3.14. The number of halogens is 3. The van der Waals surface area contributed by atoms with Gasteiger partial charge in [0, 0.05) is 24.2 Å². The molecule has 3 rings (SSSR count). The fourth-order valence-electron chi connectivity index (χ4n) is 3.52. The Hall–Kier alpha value is -1.56. The van der Waals surface area contributed by atoms with Crippen LogP contribution in [0.1, 0.15) is 59.3 Å². The van der Waals surface area contributed by atoms with Crippen molar-refractivity contribution in [3.8, 4) is 0 Å². The number of carbonyl (C=O) groups is 1. The maximum Gasteiger partial charge on any atom is 0.416 e. The van der Waals surface area contributed by atoms with Gasteiger partial charge in [0.2, 0.25) is 0 Å². The highest BCUT2D eigenvalue weighted by Crippen LogP contribution is 2.40. The molecule has 1 aromatic carbocycles. The Morgan fingerprint density at radius 3 is 2.68 bits per heavy atom. The van der Waals surface area contributed by atoms with Gasteiger partial charge in [0.05, 0.1) is 5.56 Å². The summed E-state index contributed by atoms with van der Waals surface area (Å²) in [7, 11) is 1.94. The number of nitrogens with one attached hydrogen (secondary N) is 1. The van der Waals surface area contributed by atoms with Gasteiger partial charge in [0.15, 0.2) is 0 Å². The number of fused-ring (bicyclic) bond motifs is 1. The minimum Gasteiger partial charge on any atom is -0.348 e. The smallest absolute Gasteiger partial charge is 0.348 e. The van der Waals surface area contributed by atoms with Crippen LogP contribution < -0.4 is 5.32 Å². The molecule has 3 nitrogen and oxygen atoms in total. The molecule has 22 heavy (non-hydrogen) atoms. The summed E-state index contributed by atoms with van der Waals surface area (Å²) in [5.74, 6) is -0.408. The third-order valence-electron chi connectivity index (χ3n) is 4.92. The van der Waals surface area contributed by atoms with E-state index in [-0.39, 0.29) is 23.7 Å². The second-order valence-corrected chi connectivity index (χ2v) is 6.24. The summed E-state index contributed by atoms with van der Waals surface area (Å²) >= 11 is 0. The maximum atomic E-state index is 13.3. The first-order valence-electron chi connectivity index (χ1n) is 7.53. The van der Waals surface area contributed by atoms with Gasteiger partial charge in [-0.2, -0.15) is 13.2 Å². The van der Waals surface area contributed by atoms with Gasteiger partial charge in [-0.3, -0.25) is 9.69 Å². The van der Waals surface area contributed by atoms with Gasteiger partial charge in [-0.1, -0.05) is 6.42 Å². The minimum atomic E-state index is -4.44. The Morgan fingerprint density at radius 2 is 2.00 bits per heavy atom. The van der Waals surface area contributed by atoms with Crippen LogP contribution in [0.2, 0.25) is 0 Å². The largest absolute Gasteiger partial charge is 0.416 e. The predicted molar refractivity (Wildman–Crippen MR) is 76.4 cm³/mol. The average Bonchev–Trinajstić information content (AvgIpc) is 2.81.